The maximum absolute atomic E-state index is 5.87. The first-order valence-corrected chi connectivity index (χ1v) is 8.44. The highest BCUT2D eigenvalue weighted by atomic mass is 79.9. The number of guanidine groups is 1. The molecule has 2 aliphatic heterocycles. The number of aliphatic imine (C=N–C) groups is 1. The molecular formula is C16H22BrN3O2. The van der Waals surface area contributed by atoms with Gasteiger partial charge in [0.2, 0.25) is 0 Å². The van der Waals surface area contributed by atoms with Crippen molar-refractivity contribution in [3.05, 3.63) is 28.2 Å². The van der Waals surface area contributed by atoms with Gasteiger partial charge >= 0.3 is 0 Å². The molecule has 2 saturated heterocycles. The molecule has 0 radical (unpaired) electrons. The number of benzene rings is 1. The summed E-state index contributed by atoms with van der Waals surface area (Å²) in [6.07, 6.45) is 4.20. The van der Waals surface area contributed by atoms with Crippen molar-refractivity contribution in [2.75, 3.05) is 14.2 Å². The van der Waals surface area contributed by atoms with Gasteiger partial charge in [0.05, 0.1) is 25.4 Å². The molecule has 0 spiro atoms. The summed E-state index contributed by atoms with van der Waals surface area (Å²) in [5.41, 5.74) is 1.09. The summed E-state index contributed by atoms with van der Waals surface area (Å²) in [7, 11) is 3.48. The van der Waals surface area contributed by atoms with E-state index in [-0.39, 0.29) is 0 Å². The molecule has 120 valence electrons. The number of nitrogens with zero attached hydrogens (tertiary/aromatic N) is 1. The number of hydrogen-bond donors (Lipinski definition) is 2. The monoisotopic (exact) mass is 367 g/mol. The van der Waals surface area contributed by atoms with E-state index < -0.39 is 0 Å². The van der Waals surface area contributed by atoms with Crippen LogP contribution in [0.3, 0.4) is 0 Å². The summed E-state index contributed by atoms with van der Waals surface area (Å²) in [5, 5.41) is 6.84. The molecular weight excluding hydrogens is 346 g/mol. The zero-order chi connectivity index (χ0) is 15.5. The van der Waals surface area contributed by atoms with Gasteiger partial charge in [0.15, 0.2) is 5.96 Å². The van der Waals surface area contributed by atoms with Gasteiger partial charge in [0.1, 0.15) is 5.75 Å². The van der Waals surface area contributed by atoms with E-state index in [4.69, 9.17) is 9.47 Å². The molecule has 6 heteroatoms. The third kappa shape index (κ3) is 3.38. The molecule has 3 unspecified atom stereocenters. The van der Waals surface area contributed by atoms with Crippen LogP contribution in [0.15, 0.2) is 27.7 Å². The van der Waals surface area contributed by atoms with Gasteiger partial charge in [0, 0.05) is 23.6 Å². The Labute approximate surface area is 139 Å². The van der Waals surface area contributed by atoms with Crippen molar-refractivity contribution < 1.29 is 9.47 Å². The van der Waals surface area contributed by atoms with E-state index in [9.17, 15) is 0 Å². The maximum Gasteiger partial charge on any atom is 0.191 e. The number of methoxy groups -OCH3 is 1. The first-order chi connectivity index (χ1) is 10.7. The third-order valence-electron chi connectivity index (χ3n) is 4.34. The van der Waals surface area contributed by atoms with E-state index in [1.165, 1.54) is 6.42 Å². The molecule has 2 bridgehead atoms. The van der Waals surface area contributed by atoms with Crippen molar-refractivity contribution in [2.45, 2.75) is 44.1 Å². The van der Waals surface area contributed by atoms with Gasteiger partial charge in [-0.3, -0.25) is 4.99 Å². The Morgan fingerprint density at radius 3 is 2.95 bits per heavy atom. The van der Waals surface area contributed by atoms with Crippen LogP contribution in [0.2, 0.25) is 0 Å². The predicted octanol–water partition coefficient (Wildman–Crippen LogP) is 2.44. The predicted molar refractivity (Wildman–Crippen MR) is 90.3 cm³/mol. The van der Waals surface area contributed by atoms with Crippen molar-refractivity contribution >= 4 is 21.9 Å². The molecule has 3 atom stereocenters. The summed E-state index contributed by atoms with van der Waals surface area (Å²) >= 11 is 3.50. The zero-order valence-electron chi connectivity index (χ0n) is 12.9. The van der Waals surface area contributed by atoms with Crippen LogP contribution in [0.5, 0.6) is 5.75 Å². The second kappa shape index (κ2) is 6.87. The highest BCUT2D eigenvalue weighted by Gasteiger charge is 2.41. The average molecular weight is 368 g/mol. The summed E-state index contributed by atoms with van der Waals surface area (Å²) < 4.78 is 12.3. The van der Waals surface area contributed by atoms with Gasteiger partial charge in [0.25, 0.3) is 0 Å². The summed E-state index contributed by atoms with van der Waals surface area (Å²) in [5.74, 6) is 1.68. The molecule has 5 nitrogen and oxygen atoms in total. The fourth-order valence-corrected chi connectivity index (χ4v) is 3.63. The number of ether oxygens (including phenoxy) is 2. The minimum atomic E-state index is 0.337. The Morgan fingerprint density at radius 1 is 1.45 bits per heavy atom. The SMILES string of the molecule is CN=C(NCc1cc(Br)ccc1OC)NC1CC2CCC1O2. The van der Waals surface area contributed by atoms with Gasteiger partial charge in [-0.25, -0.2) is 0 Å². The maximum atomic E-state index is 5.87. The van der Waals surface area contributed by atoms with Crippen molar-refractivity contribution in [3.63, 3.8) is 0 Å². The second-order valence-corrected chi connectivity index (χ2v) is 6.66. The zero-order valence-corrected chi connectivity index (χ0v) is 14.5. The van der Waals surface area contributed by atoms with E-state index in [1.807, 2.05) is 12.1 Å². The van der Waals surface area contributed by atoms with E-state index in [0.29, 0.717) is 24.8 Å². The van der Waals surface area contributed by atoms with Crippen LogP contribution >= 0.6 is 15.9 Å². The fraction of sp³-hybridized carbons (Fsp3) is 0.562. The van der Waals surface area contributed by atoms with Gasteiger partial charge in [-0.15, -0.1) is 0 Å². The molecule has 2 heterocycles. The molecule has 3 rings (SSSR count). The standard InChI is InChI=1S/C16H22BrN3O2/c1-18-16(20-13-8-12-4-6-15(13)22-12)19-9-10-7-11(17)3-5-14(10)21-2/h3,5,7,12-13,15H,4,6,8-9H2,1-2H3,(H2,18,19,20). The van der Waals surface area contributed by atoms with Crippen molar-refractivity contribution in [2.24, 2.45) is 4.99 Å². The van der Waals surface area contributed by atoms with Crippen LogP contribution in [0.25, 0.3) is 0 Å². The lowest BCUT2D eigenvalue weighted by atomic mass is 9.96. The lowest BCUT2D eigenvalue weighted by molar-refractivity contribution is 0.0992. The quantitative estimate of drug-likeness (QED) is 0.633. The van der Waals surface area contributed by atoms with Crippen LogP contribution in [-0.2, 0) is 11.3 Å². The topological polar surface area (TPSA) is 54.9 Å². The lowest BCUT2D eigenvalue weighted by Crippen LogP contribution is -2.47. The number of halogens is 1. The second-order valence-electron chi connectivity index (χ2n) is 5.74. The van der Waals surface area contributed by atoms with Crippen LogP contribution in [-0.4, -0.2) is 38.4 Å². The third-order valence-corrected chi connectivity index (χ3v) is 4.83. The largest absolute Gasteiger partial charge is 0.496 e. The summed E-state index contributed by atoms with van der Waals surface area (Å²) in [4.78, 5) is 4.31. The van der Waals surface area contributed by atoms with Gasteiger partial charge < -0.3 is 20.1 Å². The highest BCUT2D eigenvalue weighted by molar-refractivity contribution is 9.10. The Morgan fingerprint density at radius 2 is 2.32 bits per heavy atom. The lowest BCUT2D eigenvalue weighted by Gasteiger charge is -2.23. The number of fused-ring (bicyclic) bond motifs is 2. The van der Waals surface area contributed by atoms with Gasteiger partial charge in [-0.1, -0.05) is 15.9 Å². The van der Waals surface area contributed by atoms with E-state index >= 15 is 0 Å². The Bertz CT molecular complexity index is 564. The van der Waals surface area contributed by atoms with E-state index in [1.54, 1.807) is 14.2 Å². The average Bonchev–Trinajstić information content (AvgIpc) is 3.14. The molecule has 2 N–H and O–H groups in total. The molecule has 22 heavy (non-hydrogen) atoms. The molecule has 0 aromatic heterocycles. The Kier molecular flexibility index (Phi) is 4.88. The van der Waals surface area contributed by atoms with Crippen molar-refractivity contribution in [3.8, 4) is 5.75 Å². The minimum absolute atomic E-state index is 0.337. The van der Waals surface area contributed by atoms with Gasteiger partial charge in [-0.05, 0) is 37.5 Å². The molecule has 2 fully saturated rings. The van der Waals surface area contributed by atoms with Crippen molar-refractivity contribution in [1.29, 1.82) is 0 Å². The van der Waals surface area contributed by atoms with Crippen LogP contribution in [0.4, 0.5) is 0 Å². The summed E-state index contributed by atoms with van der Waals surface area (Å²) in [6, 6.07) is 6.36. The highest BCUT2D eigenvalue weighted by Crippen LogP contribution is 2.34. The van der Waals surface area contributed by atoms with E-state index in [0.717, 1.165) is 34.6 Å². The molecule has 0 saturated carbocycles. The Balaban J connectivity index is 1.58. The molecule has 0 aliphatic carbocycles. The Hall–Kier alpha value is -1.27. The molecule has 2 aliphatic rings. The minimum Gasteiger partial charge on any atom is -0.496 e. The van der Waals surface area contributed by atoms with E-state index in [2.05, 4.69) is 37.6 Å². The smallest absolute Gasteiger partial charge is 0.191 e. The van der Waals surface area contributed by atoms with Crippen molar-refractivity contribution in [1.82, 2.24) is 10.6 Å². The first kappa shape index (κ1) is 15.6. The molecule has 1 aromatic carbocycles. The number of rotatable bonds is 4. The fourth-order valence-electron chi connectivity index (χ4n) is 3.22. The molecule has 1 aromatic rings. The van der Waals surface area contributed by atoms with Crippen LogP contribution in [0.1, 0.15) is 24.8 Å². The number of nitrogens with one attached hydrogen (secondary N) is 2. The van der Waals surface area contributed by atoms with Gasteiger partial charge in [-0.2, -0.15) is 0 Å². The molecule has 0 amide bonds. The first-order valence-electron chi connectivity index (χ1n) is 7.64. The van der Waals surface area contributed by atoms with Crippen LogP contribution < -0.4 is 15.4 Å². The normalized spacial score (nSPS) is 27.0. The van der Waals surface area contributed by atoms with Crippen LogP contribution in [0, 0.1) is 0 Å². The number of hydrogen-bond acceptors (Lipinski definition) is 3. The summed E-state index contributed by atoms with van der Waals surface area (Å²) in [6.45, 7) is 0.657.